The number of amides is 1. The summed E-state index contributed by atoms with van der Waals surface area (Å²) in [7, 11) is -2.90. The topological polar surface area (TPSA) is 75.3 Å². The maximum absolute atomic E-state index is 11.8. The van der Waals surface area contributed by atoms with Crippen LogP contribution in [-0.4, -0.2) is 38.4 Å². The van der Waals surface area contributed by atoms with Gasteiger partial charge in [0.05, 0.1) is 22.2 Å². The lowest BCUT2D eigenvalue weighted by Gasteiger charge is -2.11. The molecule has 0 radical (unpaired) electrons. The first-order chi connectivity index (χ1) is 9.85. The quantitative estimate of drug-likeness (QED) is 0.852. The molecule has 1 aliphatic heterocycles. The van der Waals surface area contributed by atoms with E-state index in [2.05, 4.69) is 10.6 Å². The van der Waals surface area contributed by atoms with Gasteiger partial charge in [0, 0.05) is 24.0 Å². The van der Waals surface area contributed by atoms with Gasteiger partial charge >= 0.3 is 0 Å². The molecular formula is C13H16Cl2N2O3S. The highest BCUT2D eigenvalue weighted by molar-refractivity contribution is 7.91. The molecule has 21 heavy (non-hydrogen) atoms. The van der Waals surface area contributed by atoms with Gasteiger partial charge in [-0.3, -0.25) is 4.79 Å². The Bertz CT molecular complexity index is 634. The van der Waals surface area contributed by atoms with Gasteiger partial charge in [0.1, 0.15) is 0 Å². The van der Waals surface area contributed by atoms with Gasteiger partial charge in [-0.15, -0.1) is 0 Å². The van der Waals surface area contributed by atoms with Crippen molar-refractivity contribution in [3.05, 3.63) is 28.2 Å². The predicted octanol–water partition coefficient (Wildman–Crippen LogP) is 2.10. The second kappa shape index (κ2) is 6.96. The van der Waals surface area contributed by atoms with Gasteiger partial charge in [-0.05, 0) is 24.6 Å². The predicted molar refractivity (Wildman–Crippen MR) is 84.8 cm³/mol. The summed E-state index contributed by atoms with van der Waals surface area (Å²) >= 11 is 11.8. The molecule has 0 aliphatic carbocycles. The Morgan fingerprint density at radius 3 is 2.76 bits per heavy atom. The van der Waals surface area contributed by atoms with Crippen molar-refractivity contribution >= 4 is 44.6 Å². The van der Waals surface area contributed by atoms with Gasteiger partial charge in [-0.1, -0.05) is 23.2 Å². The molecule has 8 heteroatoms. The van der Waals surface area contributed by atoms with Crippen LogP contribution >= 0.6 is 23.2 Å². The highest BCUT2D eigenvalue weighted by Crippen LogP contribution is 2.25. The minimum Gasteiger partial charge on any atom is -0.325 e. The highest BCUT2D eigenvalue weighted by atomic mass is 35.5. The van der Waals surface area contributed by atoms with Crippen LogP contribution in [0.4, 0.5) is 5.69 Å². The molecule has 0 spiro atoms. The van der Waals surface area contributed by atoms with Gasteiger partial charge in [0.2, 0.25) is 5.91 Å². The van der Waals surface area contributed by atoms with E-state index in [1.807, 2.05) is 0 Å². The van der Waals surface area contributed by atoms with Gasteiger partial charge in [0.25, 0.3) is 0 Å². The van der Waals surface area contributed by atoms with Crippen LogP contribution in [0.5, 0.6) is 0 Å². The molecule has 1 fully saturated rings. The van der Waals surface area contributed by atoms with E-state index in [1.165, 1.54) is 0 Å². The maximum Gasteiger partial charge on any atom is 0.225 e. The van der Waals surface area contributed by atoms with Crippen molar-refractivity contribution in [1.29, 1.82) is 0 Å². The van der Waals surface area contributed by atoms with E-state index in [9.17, 15) is 13.2 Å². The Morgan fingerprint density at radius 1 is 1.33 bits per heavy atom. The number of carbonyl (C=O) groups is 1. The largest absolute Gasteiger partial charge is 0.325 e. The molecule has 0 aromatic heterocycles. The summed E-state index contributed by atoms with van der Waals surface area (Å²) in [6.07, 6.45) is 0.837. The fourth-order valence-electron chi connectivity index (χ4n) is 2.15. The Kier molecular flexibility index (Phi) is 5.48. The van der Waals surface area contributed by atoms with Crippen molar-refractivity contribution < 1.29 is 13.2 Å². The van der Waals surface area contributed by atoms with Gasteiger partial charge in [-0.2, -0.15) is 0 Å². The smallest absolute Gasteiger partial charge is 0.225 e. The normalized spacial score (nSPS) is 20.4. The maximum atomic E-state index is 11.8. The first kappa shape index (κ1) is 16.5. The van der Waals surface area contributed by atoms with Crippen LogP contribution in [0.2, 0.25) is 10.0 Å². The zero-order chi connectivity index (χ0) is 15.5. The van der Waals surface area contributed by atoms with Crippen molar-refractivity contribution in [3.63, 3.8) is 0 Å². The van der Waals surface area contributed by atoms with Crippen LogP contribution in [0.3, 0.4) is 0 Å². The SMILES string of the molecule is O=C(CCNC1CCS(=O)(=O)C1)Nc1cc(Cl)ccc1Cl. The Hall–Kier alpha value is -0.820. The van der Waals surface area contributed by atoms with Crippen molar-refractivity contribution in [2.24, 2.45) is 0 Å². The summed E-state index contributed by atoms with van der Waals surface area (Å²) in [5.41, 5.74) is 0.470. The standard InChI is InChI=1S/C13H16Cl2N2O3S/c14-9-1-2-11(15)12(7-9)17-13(18)3-5-16-10-4-6-21(19,20)8-10/h1-2,7,10,16H,3-6,8H2,(H,17,18). The average molecular weight is 351 g/mol. The number of rotatable bonds is 5. The zero-order valence-corrected chi connectivity index (χ0v) is 13.6. The van der Waals surface area contributed by atoms with Crippen molar-refractivity contribution in [2.75, 3.05) is 23.4 Å². The van der Waals surface area contributed by atoms with E-state index >= 15 is 0 Å². The first-order valence-electron chi connectivity index (χ1n) is 6.54. The summed E-state index contributed by atoms with van der Waals surface area (Å²) in [6.45, 7) is 0.421. The lowest BCUT2D eigenvalue weighted by atomic mass is 10.2. The number of halogens is 2. The molecule has 116 valence electrons. The fourth-order valence-corrected chi connectivity index (χ4v) is 4.20. The Balaban J connectivity index is 1.76. The van der Waals surface area contributed by atoms with Crippen molar-refractivity contribution in [3.8, 4) is 0 Å². The second-order valence-corrected chi connectivity index (χ2v) is 8.05. The van der Waals surface area contributed by atoms with Gasteiger partial charge < -0.3 is 10.6 Å². The zero-order valence-electron chi connectivity index (χ0n) is 11.2. The second-order valence-electron chi connectivity index (χ2n) is 4.98. The van der Waals surface area contributed by atoms with E-state index in [1.54, 1.807) is 18.2 Å². The third-order valence-corrected chi connectivity index (χ3v) is 5.55. The van der Waals surface area contributed by atoms with E-state index in [-0.39, 0.29) is 29.9 Å². The molecule has 1 amide bonds. The van der Waals surface area contributed by atoms with Crippen molar-refractivity contribution in [2.45, 2.75) is 18.9 Å². The van der Waals surface area contributed by atoms with Crippen LogP contribution < -0.4 is 10.6 Å². The molecule has 1 heterocycles. The lowest BCUT2D eigenvalue weighted by Crippen LogP contribution is -2.32. The number of nitrogens with one attached hydrogen (secondary N) is 2. The third-order valence-electron chi connectivity index (χ3n) is 3.22. The molecule has 1 atom stereocenters. The monoisotopic (exact) mass is 350 g/mol. The highest BCUT2D eigenvalue weighted by Gasteiger charge is 2.27. The summed E-state index contributed by atoms with van der Waals surface area (Å²) < 4.78 is 22.6. The molecule has 0 bridgehead atoms. The number of carbonyl (C=O) groups excluding carboxylic acids is 1. The lowest BCUT2D eigenvalue weighted by molar-refractivity contribution is -0.116. The third kappa shape index (κ3) is 5.14. The number of anilines is 1. The summed E-state index contributed by atoms with van der Waals surface area (Å²) in [5, 5.41) is 6.67. The molecule has 1 aliphatic rings. The molecule has 1 aromatic carbocycles. The molecule has 1 unspecified atom stereocenters. The van der Waals surface area contributed by atoms with Crippen molar-refractivity contribution in [1.82, 2.24) is 5.32 Å². The van der Waals surface area contributed by atoms with Crippen LogP contribution in [0.15, 0.2) is 18.2 Å². The van der Waals surface area contributed by atoms with E-state index < -0.39 is 9.84 Å². The number of benzene rings is 1. The summed E-state index contributed by atoms with van der Waals surface area (Å²) in [6, 6.07) is 4.78. The van der Waals surface area contributed by atoms with E-state index in [0.717, 1.165) is 0 Å². The number of sulfone groups is 1. The molecule has 1 saturated heterocycles. The molecular weight excluding hydrogens is 335 g/mol. The van der Waals surface area contributed by atoms with E-state index in [0.29, 0.717) is 28.7 Å². The van der Waals surface area contributed by atoms with Crippen LogP contribution in [0.1, 0.15) is 12.8 Å². The van der Waals surface area contributed by atoms with Gasteiger partial charge in [0.15, 0.2) is 9.84 Å². The first-order valence-corrected chi connectivity index (χ1v) is 9.12. The molecule has 5 nitrogen and oxygen atoms in total. The van der Waals surface area contributed by atoms with Gasteiger partial charge in [-0.25, -0.2) is 8.42 Å². The molecule has 1 aromatic rings. The summed E-state index contributed by atoms with van der Waals surface area (Å²) in [4.78, 5) is 11.8. The minimum absolute atomic E-state index is 0.0578. The molecule has 2 rings (SSSR count). The average Bonchev–Trinajstić information content (AvgIpc) is 2.73. The summed E-state index contributed by atoms with van der Waals surface area (Å²) in [5.74, 6) is 0.163. The fraction of sp³-hybridized carbons (Fsp3) is 0.462. The number of hydrogen-bond acceptors (Lipinski definition) is 4. The Morgan fingerprint density at radius 2 is 2.10 bits per heavy atom. The number of hydrogen-bond donors (Lipinski definition) is 2. The van der Waals surface area contributed by atoms with Crippen LogP contribution in [0, 0.1) is 0 Å². The molecule has 0 saturated carbocycles. The minimum atomic E-state index is -2.90. The van der Waals surface area contributed by atoms with Crippen LogP contribution in [0.25, 0.3) is 0 Å². The molecule has 2 N–H and O–H groups in total. The van der Waals surface area contributed by atoms with Crippen LogP contribution in [-0.2, 0) is 14.6 Å². The Labute approximate surface area is 133 Å². The van der Waals surface area contributed by atoms with E-state index in [4.69, 9.17) is 23.2 Å².